The van der Waals surface area contributed by atoms with Crippen LogP contribution < -0.4 is 5.32 Å². The second-order valence-electron chi connectivity index (χ2n) is 4.54. The highest BCUT2D eigenvalue weighted by Crippen LogP contribution is 2.19. The first-order valence-electron chi connectivity index (χ1n) is 6.52. The molecule has 4 heteroatoms. The van der Waals surface area contributed by atoms with Crippen LogP contribution in [0.15, 0.2) is 52.9 Å². The molecule has 3 rings (SSSR count). The molecule has 0 unspecified atom stereocenters. The number of rotatable bonds is 5. The summed E-state index contributed by atoms with van der Waals surface area (Å²) in [7, 11) is 1.70. The van der Waals surface area contributed by atoms with Crippen LogP contribution in [0.2, 0.25) is 0 Å². The number of aromatic nitrogens is 1. The van der Waals surface area contributed by atoms with Gasteiger partial charge in [-0.05, 0) is 23.3 Å². The molecule has 0 saturated carbocycles. The molecule has 1 heterocycles. The van der Waals surface area contributed by atoms with Crippen molar-refractivity contribution in [1.29, 1.82) is 0 Å². The van der Waals surface area contributed by atoms with Crippen LogP contribution in [0.25, 0.3) is 11.1 Å². The molecule has 0 radical (unpaired) electrons. The Balaban J connectivity index is 1.76. The Morgan fingerprint density at radius 2 is 1.80 bits per heavy atom. The molecule has 3 aromatic rings. The predicted molar refractivity (Wildman–Crippen MR) is 78.5 cm³/mol. The third-order valence-electron chi connectivity index (χ3n) is 3.14. The van der Waals surface area contributed by atoms with Crippen LogP contribution in [0.3, 0.4) is 0 Å². The molecule has 1 N–H and O–H groups in total. The molecule has 4 nitrogen and oxygen atoms in total. The molecule has 0 bridgehead atoms. The number of para-hydroxylation sites is 2. The SMILES string of the molecule is COCc1ccccc1CNc1nc2ccccc2o1. The summed E-state index contributed by atoms with van der Waals surface area (Å²) in [5.41, 5.74) is 4.00. The van der Waals surface area contributed by atoms with Gasteiger partial charge in [0, 0.05) is 13.7 Å². The molecule has 2 aromatic carbocycles. The second-order valence-corrected chi connectivity index (χ2v) is 4.54. The van der Waals surface area contributed by atoms with Gasteiger partial charge in [-0.2, -0.15) is 4.98 Å². The monoisotopic (exact) mass is 268 g/mol. The number of methoxy groups -OCH3 is 1. The maximum atomic E-state index is 5.64. The van der Waals surface area contributed by atoms with Gasteiger partial charge < -0.3 is 14.5 Å². The van der Waals surface area contributed by atoms with Gasteiger partial charge in [-0.25, -0.2) is 0 Å². The molecular weight excluding hydrogens is 252 g/mol. The van der Waals surface area contributed by atoms with Crippen molar-refractivity contribution in [2.45, 2.75) is 13.2 Å². The van der Waals surface area contributed by atoms with Crippen molar-refractivity contribution < 1.29 is 9.15 Å². The van der Waals surface area contributed by atoms with Gasteiger partial charge in [-0.15, -0.1) is 0 Å². The molecule has 102 valence electrons. The zero-order valence-electron chi connectivity index (χ0n) is 11.3. The van der Waals surface area contributed by atoms with E-state index in [1.54, 1.807) is 7.11 Å². The molecule has 0 aliphatic carbocycles. The smallest absolute Gasteiger partial charge is 0.295 e. The summed E-state index contributed by atoms with van der Waals surface area (Å²) in [5, 5.41) is 3.22. The highest BCUT2D eigenvalue weighted by atomic mass is 16.5. The van der Waals surface area contributed by atoms with Crippen molar-refractivity contribution in [2.75, 3.05) is 12.4 Å². The van der Waals surface area contributed by atoms with Crippen molar-refractivity contribution >= 4 is 17.1 Å². The minimum Gasteiger partial charge on any atom is -0.424 e. The van der Waals surface area contributed by atoms with Gasteiger partial charge in [-0.1, -0.05) is 36.4 Å². The lowest BCUT2D eigenvalue weighted by atomic mass is 10.1. The predicted octanol–water partition coefficient (Wildman–Crippen LogP) is 3.59. The van der Waals surface area contributed by atoms with Crippen molar-refractivity contribution in [3.63, 3.8) is 0 Å². The van der Waals surface area contributed by atoms with E-state index >= 15 is 0 Å². The molecule has 0 atom stereocenters. The Bertz CT molecular complexity index is 673. The Morgan fingerprint density at radius 1 is 1.05 bits per heavy atom. The van der Waals surface area contributed by atoms with Gasteiger partial charge in [0.15, 0.2) is 5.58 Å². The van der Waals surface area contributed by atoms with Crippen LogP contribution in [0, 0.1) is 0 Å². The van der Waals surface area contributed by atoms with E-state index in [2.05, 4.69) is 22.4 Å². The molecule has 0 spiro atoms. The van der Waals surface area contributed by atoms with E-state index < -0.39 is 0 Å². The highest BCUT2D eigenvalue weighted by molar-refractivity contribution is 5.74. The second kappa shape index (κ2) is 5.75. The summed E-state index contributed by atoms with van der Waals surface area (Å²) in [4.78, 5) is 4.39. The molecule has 0 aliphatic rings. The Kier molecular flexibility index (Phi) is 3.65. The van der Waals surface area contributed by atoms with Gasteiger partial charge >= 0.3 is 0 Å². The lowest BCUT2D eigenvalue weighted by Crippen LogP contribution is -2.03. The fraction of sp³-hybridized carbons (Fsp3) is 0.188. The molecule has 0 amide bonds. The zero-order valence-corrected chi connectivity index (χ0v) is 11.3. The molecule has 20 heavy (non-hydrogen) atoms. The number of fused-ring (bicyclic) bond motifs is 1. The van der Waals surface area contributed by atoms with E-state index in [4.69, 9.17) is 9.15 Å². The fourth-order valence-corrected chi connectivity index (χ4v) is 2.14. The number of nitrogens with zero attached hydrogens (tertiary/aromatic N) is 1. The first-order valence-corrected chi connectivity index (χ1v) is 6.52. The molecule has 0 saturated heterocycles. The number of oxazole rings is 1. The number of ether oxygens (including phenoxy) is 1. The van der Waals surface area contributed by atoms with E-state index in [0.717, 1.165) is 11.1 Å². The van der Waals surface area contributed by atoms with E-state index in [1.807, 2.05) is 36.4 Å². The third kappa shape index (κ3) is 2.65. The van der Waals surface area contributed by atoms with E-state index in [1.165, 1.54) is 11.1 Å². The van der Waals surface area contributed by atoms with Crippen LogP contribution in [0.4, 0.5) is 6.01 Å². The number of benzene rings is 2. The Hall–Kier alpha value is -2.33. The average molecular weight is 268 g/mol. The van der Waals surface area contributed by atoms with Crippen molar-refractivity contribution in [1.82, 2.24) is 4.98 Å². The van der Waals surface area contributed by atoms with Gasteiger partial charge in [0.2, 0.25) is 0 Å². The lowest BCUT2D eigenvalue weighted by molar-refractivity contribution is 0.184. The molecule has 0 fully saturated rings. The average Bonchev–Trinajstić information content (AvgIpc) is 2.89. The third-order valence-corrected chi connectivity index (χ3v) is 3.14. The van der Waals surface area contributed by atoms with Crippen LogP contribution in [-0.2, 0) is 17.9 Å². The summed E-state index contributed by atoms with van der Waals surface area (Å²) in [6.45, 7) is 1.26. The summed E-state index contributed by atoms with van der Waals surface area (Å²) in [6.07, 6.45) is 0. The van der Waals surface area contributed by atoms with E-state index in [-0.39, 0.29) is 0 Å². The molecule has 1 aromatic heterocycles. The van der Waals surface area contributed by atoms with Gasteiger partial charge in [-0.3, -0.25) is 0 Å². The van der Waals surface area contributed by atoms with Crippen molar-refractivity contribution in [3.8, 4) is 0 Å². The maximum absolute atomic E-state index is 5.64. The summed E-state index contributed by atoms with van der Waals surface area (Å²) in [6, 6.07) is 16.4. The Labute approximate surface area is 117 Å². The maximum Gasteiger partial charge on any atom is 0.295 e. The van der Waals surface area contributed by atoms with Crippen LogP contribution in [0.5, 0.6) is 0 Å². The van der Waals surface area contributed by atoms with Crippen LogP contribution in [-0.4, -0.2) is 12.1 Å². The lowest BCUT2D eigenvalue weighted by Gasteiger charge is -2.08. The van der Waals surface area contributed by atoms with Crippen molar-refractivity contribution in [2.24, 2.45) is 0 Å². The molecule has 0 aliphatic heterocycles. The standard InChI is InChI=1S/C16H16N2O2/c1-19-11-13-7-3-2-6-12(13)10-17-16-18-14-8-4-5-9-15(14)20-16/h2-9H,10-11H2,1H3,(H,17,18). The first-order chi connectivity index (χ1) is 9.86. The van der Waals surface area contributed by atoms with E-state index in [9.17, 15) is 0 Å². The highest BCUT2D eigenvalue weighted by Gasteiger charge is 2.06. The van der Waals surface area contributed by atoms with Crippen molar-refractivity contribution in [3.05, 3.63) is 59.7 Å². The summed E-state index contributed by atoms with van der Waals surface area (Å²) >= 11 is 0. The van der Waals surface area contributed by atoms with Crippen LogP contribution >= 0.6 is 0 Å². The largest absolute Gasteiger partial charge is 0.424 e. The Morgan fingerprint density at radius 3 is 2.60 bits per heavy atom. The minimum absolute atomic E-state index is 0.540. The fourth-order valence-electron chi connectivity index (χ4n) is 2.14. The summed E-state index contributed by atoms with van der Waals surface area (Å²) < 4.78 is 10.8. The molecular formula is C16H16N2O2. The first kappa shape index (κ1) is 12.7. The van der Waals surface area contributed by atoms with Gasteiger partial charge in [0.25, 0.3) is 6.01 Å². The normalized spacial score (nSPS) is 10.8. The van der Waals surface area contributed by atoms with Gasteiger partial charge in [0.1, 0.15) is 5.52 Å². The zero-order chi connectivity index (χ0) is 13.8. The summed E-state index contributed by atoms with van der Waals surface area (Å²) in [5.74, 6) is 0. The minimum atomic E-state index is 0.540. The van der Waals surface area contributed by atoms with E-state index in [0.29, 0.717) is 19.2 Å². The van der Waals surface area contributed by atoms with Gasteiger partial charge in [0.05, 0.1) is 6.61 Å². The quantitative estimate of drug-likeness (QED) is 0.768. The number of hydrogen-bond donors (Lipinski definition) is 1. The topological polar surface area (TPSA) is 47.3 Å². The number of anilines is 1. The van der Waals surface area contributed by atoms with Crippen LogP contribution in [0.1, 0.15) is 11.1 Å². The number of nitrogens with one attached hydrogen (secondary N) is 1. The number of hydrogen-bond acceptors (Lipinski definition) is 4.